The van der Waals surface area contributed by atoms with Crippen LogP contribution in [0.3, 0.4) is 0 Å². The summed E-state index contributed by atoms with van der Waals surface area (Å²) in [5, 5.41) is 1.51. The predicted octanol–water partition coefficient (Wildman–Crippen LogP) is 15.6. The monoisotopic (exact) mass is 748 g/mol. The Kier molecular flexibility index (Phi) is 13.4. The molecule has 1 heterocycles. The second-order valence-electron chi connectivity index (χ2n) is 16.7. The Morgan fingerprint density at radius 2 is 0.818 bits per heavy atom. The highest BCUT2D eigenvalue weighted by molar-refractivity contribution is 7.67. The van der Waals surface area contributed by atoms with Crippen molar-refractivity contribution in [2.75, 3.05) is 0 Å². The van der Waals surface area contributed by atoms with Crippen LogP contribution in [0, 0.1) is 13.8 Å². The lowest BCUT2D eigenvalue weighted by molar-refractivity contribution is -0.119. The fraction of sp³-hybridized carbons (Fsp3) is 0.415. The maximum atomic E-state index is 14.3. The van der Waals surface area contributed by atoms with Gasteiger partial charge in [-0.15, -0.1) is 0 Å². The van der Waals surface area contributed by atoms with Crippen LogP contribution in [-0.4, -0.2) is 5.78 Å². The second-order valence-corrected chi connectivity index (χ2v) is 19.2. The highest BCUT2D eigenvalue weighted by Gasteiger charge is 2.43. The molecule has 0 aromatic heterocycles. The summed E-state index contributed by atoms with van der Waals surface area (Å²) < 4.78 is 0. The topological polar surface area (TPSA) is 17.1 Å². The second kappa shape index (κ2) is 18.0. The summed E-state index contributed by atoms with van der Waals surface area (Å²) in [4.78, 5) is 14.3. The molecule has 0 amide bonds. The number of aryl methyl sites for hydroxylation is 2. The average molecular weight is 749 g/mol. The standard InChI is InChI=1S/C53H65OP/c1-11-34(5)43-26-19-27-44(35(6)12-2)51(43)47-30-21-31-48(52-45(36(7)13-3)28-20-29-46(52)37(8)14-4)53(47)55-49(41-24-17-15-22-38(41)9)32-40(54)33-50(55)42-25-18-16-23-39(42)10/h15-31,34-37,49-50H,11-14,32-33H2,1-10H3. The molecule has 0 saturated carbocycles. The molecule has 1 aliphatic rings. The van der Waals surface area contributed by atoms with Crippen molar-refractivity contribution in [2.24, 2.45) is 0 Å². The van der Waals surface area contributed by atoms with Crippen LogP contribution >= 0.6 is 7.92 Å². The van der Waals surface area contributed by atoms with E-state index in [0.29, 0.717) is 42.3 Å². The Morgan fingerprint density at radius 1 is 0.491 bits per heavy atom. The van der Waals surface area contributed by atoms with E-state index in [4.69, 9.17) is 0 Å². The Labute approximate surface area is 335 Å². The fourth-order valence-electron chi connectivity index (χ4n) is 9.23. The van der Waals surface area contributed by atoms with Crippen molar-refractivity contribution in [3.8, 4) is 22.3 Å². The van der Waals surface area contributed by atoms with Gasteiger partial charge in [-0.05, 0) is 135 Å². The first kappa shape index (κ1) is 40.9. The molecule has 6 atom stereocenters. The van der Waals surface area contributed by atoms with Crippen molar-refractivity contribution in [1.82, 2.24) is 0 Å². The van der Waals surface area contributed by atoms with Crippen LogP contribution in [-0.2, 0) is 4.79 Å². The van der Waals surface area contributed by atoms with Gasteiger partial charge in [0.15, 0.2) is 0 Å². The van der Waals surface area contributed by atoms with Crippen LogP contribution in [0.2, 0.25) is 0 Å². The number of hydrogen-bond acceptors (Lipinski definition) is 1. The summed E-state index contributed by atoms with van der Waals surface area (Å²) in [5.74, 6) is 2.05. The van der Waals surface area contributed by atoms with E-state index in [1.807, 2.05) is 0 Å². The van der Waals surface area contributed by atoms with Crippen LogP contribution in [0.5, 0.6) is 0 Å². The summed E-state index contributed by atoms with van der Waals surface area (Å²) in [7, 11) is -0.959. The molecule has 1 saturated heterocycles. The maximum absolute atomic E-state index is 14.3. The molecule has 1 nitrogen and oxygen atoms in total. The maximum Gasteiger partial charge on any atom is 0.134 e. The van der Waals surface area contributed by atoms with Gasteiger partial charge in [-0.25, -0.2) is 0 Å². The largest absolute Gasteiger partial charge is 0.300 e. The lowest BCUT2D eigenvalue weighted by Crippen LogP contribution is -2.27. The molecule has 0 aliphatic carbocycles. The Morgan fingerprint density at radius 3 is 1.15 bits per heavy atom. The lowest BCUT2D eigenvalue weighted by atomic mass is 9.80. The zero-order valence-corrected chi connectivity index (χ0v) is 36.3. The first-order valence-corrected chi connectivity index (χ1v) is 22.8. The molecule has 6 rings (SSSR count). The first-order chi connectivity index (χ1) is 26.6. The number of ketones is 1. The van der Waals surface area contributed by atoms with Gasteiger partial charge in [0.2, 0.25) is 0 Å². The van der Waals surface area contributed by atoms with E-state index >= 15 is 0 Å². The molecule has 55 heavy (non-hydrogen) atoms. The molecule has 5 aromatic carbocycles. The smallest absolute Gasteiger partial charge is 0.134 e. The third-order valence-electron chi connectivity index (χ3n) is 13.3. The van der Waals surface area contributed by atoms with Gasteiger partial charge in [-0.1, -0.05) is 166 Å². The minimum absolute atomic E-state index is 0.104. The molecule has 0 spiro atoms. The van der Waals surface area contributed by atoms with Gasteiger partial charge in [0, 0.05) is 24.2 Å². The lowest BCUT2D eigenvalue weighted by Gasteiger charge is -2.42. The van der Waals surface area contributed by atoms with E-state index in [9.17, 15) is 4.79 Å². The zero-order chi connectivity index (χ0) is 39.4. The normalized spacial score (nSPS) is 19.5. The Bertz CT molecular complexity index is 1910. The van der Waals surface area contributed by atoms with Crippen LogP contribution < -0.4 is 5.30 Å². The fourth-order valence-corrected chi connectivity index (χ4v) is 13.2. The molecule has 0 N–H and O–H groups in total. The van der Waals surface area contributed by atoms with E-state index < -0.39 is 7.92 Å². The summed E-state index contributed by atoms with van der Waals surface area (Å²) in [6.07, 6.45) is 5.51. The minimum atomic E-state index is -0.959. The number of carbonyl (C=O) groups is 1. The van der Waals surface area contributed by atoms with Crippen molar-refractivity contribution < 1.29 is 4.79 Å². The average Bonchev–Trinajstić information content (AvgIpc) is 3.21. The molecule has 5 aromatic rings. The molecular weight excluding hydrogens is 684 g/mol. The summed E-state index contributed by atoms with van der Waals surface area (Å²) in [5.41, 5.74) is 17.0. The minimum Gasteiger partial charge on any atom is -0.300 e. The molecule has 2 heteroatoms. The predicted molar refractivity (Wildman–Crippen MR) is 241 cm³/mol. The molecule has 1 fully saturated rings. The Balaban J connectivity index is 1.86. The van der Waals surface area contributed by atoms with Crippen molar-refractivity contribution in [3.05, 3.63) is 148 Å². The van der Waals surface area contributed by atoms with E-state index in [0.717, 1.165) is 25.7 Å². The van der Waals surface area contributed by atoms with Gasteiger partial charge in [0.05, 0.1) is 0 Å². The summed E-state index contributed by atoms with van der Waals surface area (Å²) >= 11 is 0. The van der Waals surface area contributed by atoms with Gasteiger partial charge < -0.3 is 0 Å². The van der Waals surface area contributed by atoms with Crippen LogP contribution in [0.4, 0.5) is 0 Å². The molecule has 0 bridgehead atoms. The molecule has 0 radical (unpaired) electrons. The number of Topliss-reactive ketones (excluding diaryl/α,β-unsaturated/α-hetero) is 1. The van der Waals surface area contributed by atoms with E-state index in [2.05, 4.69) is 172 Å². The highest BCUT2D eigenvalue weighted by atomic mass is 31.1. The molecule has 1 aliphatic heterocycles. The van der Waals surface area contributed by atoms with Crippen LogP contribution in [0.25, 0.3) is 22.3 Å². The van der Waals surface area contributed by atoms with Gasteiger partial charge in [0.25, 0.3) is 0 Å². The zero-order valence-electron chi connectivity index (χ0n) is 35.4. The van der Waals surface area contributed by atoms with Crippen molar-refractivity contribution in [2.45, 2.75) is 143 Å². The number of hydrogen-bond donors (Lipinski definition) is 0. The molecule has 6 unspecified atom stereocenters. The van der Waals surface area contributed by atoms with Crippen LogP contribution in [0.15, 0.2) is 103 Å². The van der Waals surface area contributed by atoms with Gasteiger partial charge in [-0.3, -0.25) is 4.79 Å². The third-order valence-corrected chi connectivity index (χ3v) is 16.5. The van der Waals surface area contributed by atoms with Gasteiger partial charge >= 0.3 is 0 Å². The van der Waals surface area contributed by atoms with E-state index in [1.54, 1.807) is 0 Å². The van der Waals surface area contributed by atoms with Gasteiger partial charge in [-0.2, -0.15) is 0 Å². The summed E-state index contributed by atoms with van der Waals surface area (Å²) in [6, 6.07) is 39.5. The van der Waals surface area contributed by atoms with E-state index in [1.165, 1.54) is 72.1 Å². The number of benzene rings is 5. The van der Waals surface area contributed by atoms with E-state index in [-0.39, 0.29) is 11.3 Å². The van der Waals surface area contributed by atoms with Crippen LogP contribution in [0.1, 0.15) is 173 Å². The third kappa shape index (κ3) is 8.07. The SMILES string of the molecule is CCC(C)c1cccc(C(C)CC)c1-c1cccc(-c2c(C(C)CC)cccc2C(C)CC)c1P1C(c2ccccc2C)CC(=O)CC1c1ccccc1C. The highest BCUT2D eigenvalue weighted by Crippen LogP contribution is 2.69. The van der Waals surface area contributed by atoms with Crippen molar-refractivity contribution >= 4 is 19.0 Å². The Hall–Kier alpha value is -3.80. The first-order valence-electron chi connectivity index (χ1n) is 21.4. The van der Waals surface area contributed by atoms with Crippen molar-refractivity contribution in [3.63, 3.8) is 0 Å². The summed E-state index contributed by atoms with van der Waals surface area (Å²) in [6.45, 7) is 23.5. The number of carbonyl (C=O) groups excluding carboxylic acids is 1. The molecular formula is C53H65OP. The van der Waals surface area contributed by atoms with Crippen molar-refractivity contribution in [1.29, 1.82) is 0 Å². The molecule has 288 valence electrons. The van der Waals surface area contributed by atoms with Gasteiger partial charge in [0.1, 0.15) is 5.78 Å². The quantitative estimate of drug-likeness (QED) is 0.110. The number of rotatable bonds is 13.